The molecule has 1 amide bonds. The number of rotatable bonds is 5. The van der Waals surface area contributed by atoms with E-state index in [9.17, 15) is 4.79 Å². The molecule has 0 saturated heterocycles. The molecule has 3 nitrogen and oxygen atoms in total. The number of nitrogens with zero attached hydrogens (tertiary/aromatic N) is 1. The zero-order valence-corrected chi connectivity index (χ0v) is 14.7. The van der Waals surface area contributed by atoms with Gasteiger partial charge in [0, 0.05) is 28.9 Å². The van der Waals surface area contributed by atoms with Crippen molar-refractivity contribution in [3.63, 3.8) is 0 Å². The molecule has 2 aromatic rings. The highest BCUT2D eigenvalue weighted by molar-refractivity contribution is 7.98. The first-order valence-corrected chi connectivity index (χ1v) is 9.32. The van der Waals surface area contributed by atoms with Crippen LogP contribution in [0.1, 0.15) is 23.0 Å². The third-order valence-electron chi connectivity index (χ3n) is 3.59. The summed E-state index contributed by atoms with van der Waals surface area (Å²) in [4.78, 5) is 15.1. The normalized spacial score (nSPS) is 12.6. The number of anilines is 1. The summed E-state index contributed by atoms with van der Waals surface area (Å²) in [5, 5.41) is 1.39. The van der Waals surface area contributed by atoms with Crippen LogP contribution in [0.4, 0.5) is 5.69 Å². The highest BCUT2D eigenvalue weighted by Crippen LogP contribution is 2.38. The number of halogens is 1. The molecule has 6 heteroatoms. The Hall–Kier alpha value is -0.910. The van der Waals surface area contributed by atoms with E-state index in [1.54, 1.807) is 22.7 Å². The quantitative estimate of drug-likeness (QED) is 0.878. The van der Waals surface area contributed by atoms with Gasteiger partial charge in [0.15, 0.2) is 0 Å². The van der Waals surface area contributed by atoms with Crippen LogP contribution in [0.25, 0.3) is 10.1 Å². The molecule has 0 fully saturated rings. The van der Waals surface area contributed by atoms with Crippen LogP contribution in [-0.4, -0.2) is 35.9 Å². The van der Waals surface area contributed by atoms with E-state index >= 15 is 0 Å². The number of carbonyl (C=O) groups is 1. The second-order valence-electron chi connectivity index (χ2n) is 4.89. The third kappa shape index (κ3) is 3.15. The summed E-state index contributed by atoms with van der Waals surface area (Å²) >= 11 is 9.35. The largest absolute Gasteiger partial charge is 0.397 e. The van der Waals surface area contributed by atoms with Crippen molar-refractivity contribution < 1.29 is 4.79 Å². The second-order valence-corrected chi connectivity index (χ2v) is 7.26. The van der Waals surface area contributed by atoms with Crippen molar-refractivity contribution in [1.82, 2.24) is 4.90 Å². The molecule has 0 aliphatic carbocycles. The fraction of sp³-hybridized carbons (Fsp3) is 0.400. The smallest absolute Gasteiger partial charge is 0.266 e. The first-order chi connectivity index (χ1) is 10.0. The van der Waals surface area contributed by atoms with Gasteiger partial charge < -0.3 is 10.6 Å². The lowest BCUT2D eigenvalue weighted by Crippen LogP contribution is -2.38. The third-order valence-corrected chi connectivity index (χ3v) is 5.79. The van der Waals surface area contributed by atoms with Crippen molar-refractivity contribution in [2.45, 2.75) is 19.4 Å². The molecule has 1 atom stereocenters. The minimum absolute atomic E-state index is 0.0225. The van der Waals surface area contributed by atoms with E-state index in [1.807, 2.05) is 19.2 Å². The number of benzene rings is 1. The Morgan fingerprint density at radius 3 is 2.81 bits per heavy atom. The molecule has 2 N–H and O–H groups in total. The van der Waals surface area contributed by atoms with Crippen molar-refractivity contribution in [2.75, 3.05) is 24.8 Å². The van der Waals surface area contributed by atoms with Gasteiger partial charge in [-0.2, -0.15) is 11.8 Å². The molecule has 1 heterocycles. The van der Waals surface area contributed by atoms with Crippen molar-refractivity contribution in [3.05, 3.63) is 28.1 Å². The lowest BCUT2D eigenvalue weighted by molar-refractivity contribution is 0.0749. The van der Waals surface area contributed by atoms with E-state index in [0.717, 1.165) is 22.3 Å². The summed E-state index contributed by atoms with van der Waals surface area (Å²) in [6.07, 6.45) is 2.98. The van der Waals surface area contributed by atoms with Crippen molar-refractivity contribution >= 4 is 56.4 Å². The van der Waals surface area contributed by atoms with Gasteiger partial charge in [-0.05, 0) is 24.8 Å². The van der Waals surface area contributed by atoms with Crippen LogP contribution < -0.4 is 5.73 Å². The lowest BCUT2D eigenvalue weighted by atomic mass is 10.2. The minimum Gasteiger partial charge on any atom is -0.397 e. The molecule has 0 bridgehead atoms. The first-order valence-electron chi connectivity index (χ1n) is 6.73. The summed E-state index contributed by atoms with van der Waals surface area (Å²) in [7, 11) is 1.85. The molecule has 1 unspecified atom stereocenters. The van der Waals surface area contributed by atoms with Gasteiger partial charge in [0.25, 0.3) is 5.91 Å². The van der Waals surface area contributed by atoms with Crippen LogP contribution >= 0.6 is 34.7 Å². The number of fused-ring (bicyclic) bond motifs is 1. The van der Waals surface area contributed by atoms with Gasteiger partial charge in [-0.3, -0.25) is 4.79 Å². The summed E-state index contributed by atoms with van der Waals surface area (Å²) in [6, 6.07) is 5.83. The maximum absolute atomic E-state index is 12.7. The van der Waals surface area contributed by atoms with Crippen molar-refractivity contribution in [3.8, 4) is 0 Å². The van der Waals surface area contributed by atoms with Gasteiger partial charge in [0.2, 0.25) is 0 Å². The monoisotopic (exact) mass is 342 g/mol. The number of thiophene rings is 1. The zero-order chi connectivity index (χ0) is 15.6. The predicted molar refractivity (Wildman–Crippen MR) is 95.8 cm³/mol. The fourth-order valence-electron chi connectivity index (χ4n) is 2.31. The average Bonchev–Trinajstić information content (AvgIpc) is 2.81. The number of thioether (sulfide) groups is 1. The van der Waals surface area contributed by atoms with Crippen LogP contribution in [0, 0.1) is 0 Å². The Bertz CT molecular complexity index is 656. The average molecular weight is 343 g/mol. The Kier molecular flexibility index (Phi) is 5.41. The van der Waals surface area contributed by atoms with Gasteiger partial charge in [-0.1, -0.05) is 24.6 Å². The topological polar surface area (TPSA) is 46.3 Å². The summed E-state index contributed by atoms with van der Waals surface area (Å²) in [6.45, 7) is 2.09. The Morgan fingerprint density at radius 1 is 1.52 bits per heavy atom. The number of hydrogen-bond acceptors (Lipinski definition) is 4. The molecule has 0 aliphatic heterocycles. The molecule has 0 spiro atoms. The molecule has 21 heavy (non-hydrogen) atoms. The second kappa shape index (κ2) is 6.90. The first kappa shape index (κ1) is 16.5. The highest BCUT2D eigenvalue weighted by atomic mass is 35.5. The zero-order valence-electron chi connectivity index (χ0n) is 12.4. The lowest BCUT2D eigenvalue weighted by Gasteiger charge is -2.26. The molecule has 114 valence electrons. The van der Waals surface area contributed by atoms with Crippen LogP contribution in [0.2, 0.25) is 5.02 Å². The maximum atomic E-state index is 12.7. The number of amides is 1. The van der Waals surface area contributed by atoms with E-state index in [1.165, 1.54) is 11.3 Å². The summed E-state index contributed by atoms with van der Waals surface area (Å²) < 4.78 is 0.953. The maximum Gasteiger partial charge on any atom is 0.266 e. The van der Waals surface area contributed by atoms with Crippen LogP contribution in [0.3, 0.4) is 0 Å². The molecule has 0 saturated carbocycles. The molecule has 2 rings (SSSR count). The van der Waals surface area contributed by atoms with Gasteiger partial charge in [-0.15, -0.1) is 11.3 Å². The molecular weight excluding hydrogens is 324 g/mol. The molecule has 1 aromatic heterocycles. The predicted octanol–water partition coefficient (Wildman–Crippen LogP) is 4.35. The van der Waals surface area contributed by atoms with Gasteiger partial charge in [-0.25, -0.2) is 0 Å². The molecule has 1 aromatic carbocycles. The SMILES string of the molecule is CCC(CSC)N(C)C(=O)c1sc2cccc(Cl)c2c1N. The van der Waals surface area contributed by atoms with E-state index in [0.29, 0.717) is 15.6 Å². The van der Waals surface area contributed by atoms with Crippen LogP contribution in [-0.2, 0) is 0 Å². The van der Waals surface area contributed by atoms with Gasteiger partial charge >= 0.3 is 0 Å². The van der Waals surface area contributed by atoms with E-state index < -0.39 is 0 Å². The highest BCUT2D eigenvalue weighted by Gasteiger charge is 2.24. The van der Waals surface area contributed by atoms with Crippen LogP contribution in [0.5, 0.6) is 0 Å². The number of hydrogen-bond donors (Lipinski definition) is 1. The Morgan fingerprint density at radius 2 is 2.24 bits per heavy atom. The van der Waals surface area contributed by atoms with E-state index in [-0.39, 0.29) is 11.9 Å². The summed E-state index contributed by atoms with van der Waals surface area (Å²) in [5.74, 6) is 0.898. The van der Waals surface area contributed by atoms with Crippen molar-refractivity contribution in [2.24, 2.45) is 0 Å². The Labute approximate surface area is 138 Å². The number of carbonyl (C=O) groups excluding carboxylic acids is 1. The summed E-state index contributed by atoms with van der Waals surface area (Å²) in [5.41, 5.74) is 6.66. The van der Waals surface area contributed by atoms with Gasteiger partial charge in [0.05, 0.1) is 10.7 Å². The standard InChI is InChI=1S/C15H19ClN2OS2/c1-4-9(8-20-3)18(2)15(19)14-13(17)12-10(16)6-5-7-11(12)21-14/h5-7,9H,4,8,17H2,1-3H3. The van der Waals surface area contributed by atoms with E-state index in [2.05, 4.69) is 13.2 Å². The van der Waals surface area contributed by atoms with Gasteiger partial charge in [0.1, 0.15) is 4.88 Å². The van der Waals surface area contributed by atoms with Crippen molar-refractivity contribution in [1.29, 1.82) is 0 Å². The Balaban J connectivity index is 2.39. The van der Waals surface area contributed by atoms with Crippen LogP contribution in [0.15, 0.2) is 18.2 Å². The van der Waals surface area contributed by atoms with E-state index in [4.69, 9.17) is 17.3 Å². The molecule has 0 aliphatic rings. The molecule has 0 radical (unpaired) electrons. The fourth-order valence-corrected chi connectivity index (χ4v) is 4.62. The number of nitrogen functional groups attached to an aromatic ring is 1. The number of nitrogens with two attached hydrogens (primary N) is 1. The molecular formula is C15H19ClN2OS2. The minimum atomic E-state index is -0.0225.